The van der Waals surface area contributed by atoms with Crippen molar-refractivity contribution in [3.63, 3.8) is 0 Å². The monoisotopic (exact) mass is 304 g/mol. The van der Waals surface area contributed by atoms with E-state index < -0.39 is 0 Å². The van der Waals surface area contributed by atoms with E-state index >= 15 is 0 Å². The van der Waals surface area contributed by atoms with Gasteiger partial charge < -0.3 is 16.2 Å². The first-order valence-electron chi connectivity index (χ1n) is 6.85. The molecule has 1 atom stereocenters. The minimum Gasteiger partial charge on any atom is -0.469 e. The first-order valence-corrected chi connectivity index (χ1v) is 7.73. The summed E-state index contributed by atoms with van der Waals surface area (Å²) >= 11 is 1.68. The van der Waals surface area contributed by atoms with Crippen molar-refractivity contribution in [1.82, 2.24) is 19.9 Å². The van der Waals surface area contributed by atoms with Crippen molar-refractivity contribution in [1.29, 1.82) is 0 Å². The minimum atomic E-state index is -0.240. The molecule has 0 amide bonds. The Morgan fingerprint density at radius 1 is 1.38 bits per heavy atom. The molecule has 2 aliphatic rings. The molecule has 2 aliphatic heterocycles. The molecular formula is C13H16N6OS. The highest BCUT2D eigenvalue weighted by Crippen LogP contribution is 2.41. The van der Waals surface area contributed by atoms with Crippen molar-refractivity contribution in [3.05, 3.63) is 22.1 Å². The van der Waals surface area contributed by atoms with Gasteiger partial charge in [-0.25, -0.2) is 4.98 Å². The van der Waals surface area contributed by atoms with Gasteiger partial charge in [0.15, 0.2) is 0 Å². The Morgan fingerprint density at radius 3 is 3.10 bits per heavy atom. The van der Waals surface area contributed by atoms with Gasteiger partial charge in [0.25, 0.3) is 0 Å². The molecule has 7 nitrogen and oxygen atoms in total. The average Bonchev–Trinajstić information content (AvgIpc) is 3.12. The number of hydrogen-bond donors (Lipinski definition) is 2. The van der Waals surface area contributed by atoms with E-state index in [4.69, 9.17) is 16.2 Å². The van der Waals surface area contributed by atoms with Crippen LogP contribution >= 0.6 is 11.3 Å². The van der Waals surface area contributed by atoms with Gasteiger partial charge >= 0.3 is 0 Å². The van der Waals surface area contributed by atoms with E-state index in [1.54, 1.807) is 11.3 Å². The molecule has 110 valence electrons. The molecule has 1 spiro atoms. The summed E-state index contributed by atoms with van der Waals surface area (Å²) in [6, 6.07) is 0. The first-order chi connectivity index (χ1) is 10.1. The van der Waals surface area contributed by atoms with Crippen LogP contribution in [0.4, 0.5) is 11.8 Å². The van der Waals surface area contributed by atoms with Crippen LogP contribution in [0.2, 0.25) is 0 Å². The lowest BCUT2D eigenvalue weighted by Gasteiger charge is -2.23. The summed E-state index contributed by atoms with van der Waals surface area (Å²) in [6.45, 7) is 2.70. The Morgan fingerprint density at radius 2 is 2.29 bits per heavy atom. The van der Waals surface area contributed by atoms with Crippen LogP contribution in [0.5, 0.6) is 5.88 Å². The lowest BCUT2D eigenvalue weighted by molar-refractivity contribution is 0.0965. The SMILES string of the molecule is Nc1nc(N)c2c(n1)OC1(CCN(Cc3nccs3)C1)C2. The van der Waals surface area contributed by atoms with Crippen LogP contribution in [0, 0.1) is 0 Å². The van der Waals surface area contributed by atoms with Gasteiger partial charge in [0, 0.05) is 37.5 Å². The molecule has 1 unspecified atom stereocenters. The van der Waals surface area contributed by atoms with Gasteiger partial charge in [-0.15, -0.1) is 11.3 Å². The minimum absolute atomic E-state index is 0.168. The maximum Gasteiger partial charge on any atom is 0.225 e. The molecule has 2 aromatic heterocycles. The Balaban J connectivity index is 1.52. The largest absolute Gasteiger partial charge is 0.469 e. The van der Waals surface area contributed by atoms with Crippen molar-refractivity contribution in [2.75, 3.05) is 24.6 Å². The van der Waals surface area contributed by atoms with Crippen LogP contribution in [0.25, 0.3) is 0 Å². The molecular weight excluding hydrogens is 288 g/mol. The number of fused-ring (bicyclic) bond motifs is 1. The van der Waals surface area contributed by atoms with Gasteiger partial charge in [-0.1, -0.05) is 0 Å². The van der Waals surface area contributed by atoms with Gasteiger partial charge in [-0.3, -0.25) is 4.90 Å². The van der Waals surface area contributed by atoms with Crippen molar-refractivity contribution >= 4 is 23.1 Å². The molecule has 21 heavy (non-hydrogen) atoms. The van der Waals surface area contributed by atoms with Crippen molar-refractivity contribution < 1.29 is 4.74 Å². The quantitative estimate of drug-likeness (QED) is 0.840. The number of thiazole rings is 1. The molecule has 0 aromatic carbocycles. The van der Waals surface area contributed by atoms with Crippen LogP contribution < -0.4 is 16.2 Å². The molecule has 2 aromatic rings. The second-order valence-electron chi connectivity index (χ2n) is 5.60. The van der Waals surface area contributed by atoms with E-state index in [9.17, 15) is 0 Å². The number of nitrogen functional groups attached to an aromatic ring is 2. The fourth-order valence-electron chi connectivity index (χ4n) is 3.12. The number of aromatic nitrogens is 3. The number of rotatable bonds is 2. The highest BCUT2D eigenvalue weighted by molar-refractivity contribution is 7.09. The molecule has 0 aliphatic carbocycles. The molecule has 0 radical (unpaired) electrons. The Hall–Kier alpha value is -1.93. The third-order valence-electron chi connectivity index (χ3n) is 4.07. The van der Waals surface area contributed by atoms with Gasteiger partial charge in [-0.2, -0.15) is 9.97 Å². The smallest absolute Gasteiger partial charge is 0.225 e. The predicted octanol–water partition coefficient (Wildman–Crippen LogP) is 0.677. The number of nitrogens with two attached hydrogens (primary N) is 2. The summed E-state index contributed by atoms with van der Waals surface area (Å²) in [5.74, 6) is 1.16. The number of ether oxygens (including phenoxy) is 1. The predicted molar refractivity (Wildman–Crippen MR) is 79.9 cm³/mol. The zero-order valence-electron chi connectivity index (χ0n) is 11.5. The summed E-state index contributed by atoms with van der Waals surface area (Å²) in [5.41, 5.74) is 12.2. The summed E-state index contributed by atoms with van der Waals surface area (Å²) < 4.78 is 6.10. The Labute approximate surface area is 126 Å². The lowest BCUT2D eigenvalue weighted by Crippen LogP contribution is -2.37. The van der Waals surface area contributed by atoms with Crippen molar-refractivity contribution in [2.24, 2.45) is 0 Å². The van der Waals surface area contributed by atoms with Gasteiger partial charge in [-0.05, 0) is 0 Å². The highest BCUT2D eigenvalue weighted by atomic mass is 32.1. The van der Waals surface area contributed by atoms with Crippen LogP contribution in [0.15, 0.2) is 11.6 Å². The fourth-order valence-corrected chi connectivity index (χ4v) is 3.78. The maximum atomic E-state index is 6.10. The first kappa shape index (κ1) is 12.8. The number of hydrogen-bond acceptors (Lipinski definition) is 8. The summed E-state index contributed by atoms with van der Waals surface area (Å²) in [4.78, 5) is 14.9. The molecule has 1 saturated heterocycles. The zero-order valence-corrected chi connectivity index (χ0v) is 12.3. The molecule has 0 saturated carbocycles. The van der Waals surface area contributed by atoms with Crippen LogP contribution in [0.3, 0.4) is 0 Å². The van der Waals surface area contributed by atoms with Crippen molar-refractivity contribution in [3.8, 4) is 5.88 Å². The van der Waals surface area contributed by atoms with Crippen LogP contribution in [-0.2, 0) is 13.0 Å². The van der Waals surface area contributed by atoms with E-state index in [2.05, 4.69) is 19.9 Å². The lowest BCUT2D eigenvalue weighted by atomic mass is 9.97. The second kappa shape index (κ2) is 4.54. The third-order valence-corrected chi connectivity index (χ3v) is 4.83. The normalized spacial score (nSPS) is 24.4. The number of likely N-dealkylation sites (tertiary alicyclic amines) is 1. The molecule has 8 heteroatoms. The summed E-state index contributed by atoms with van der Waals surface area (Å²) in [6.07, 6.45) is 3.55. The van der Waals surface area contributed by atoms with E-state index in [-0.39, 0.29) is 11.5 Å². The topological polar surface area (TPSA) is 103 Å². The van der Waals surface area contributed by atoms with Gasteiger partial charge in [0.2, 0.25) is 11.8 Å². The van der Waals surface area contributed by atoms with E-state index in [0.29, 0.717) is 11.7 Å². The molecule has 1 fully saturated rings. The molecule has 4 N–H and O–H groups in total. The molecule has 4 rings (SSSR count). The summed E-state index contributed by atoms with van der Waals surface area (Å²) in [7, 11) is 0. The van der Waals surface area contributed by atoms with E-state index in [1.165, 1.54) is 0 Å². The third kappa shape index (κ3) is 2.20. The van der Waals surface area contributed by atoms with Crippen LogP contribution in [-0.4, -0.2) is 38.5 Å². The Kier molecular flexibility index (Phi) is 2.76. The fraction of sp³-hybridized carbons (Fsp3) is 0.462. The molecule has 4 heterocycles. The van der Waals surface area contributed by atoms with E-state index in [0.717, 1.165) is 43.0 Å². The van der Waals surface area contributed by atoms with Crippen LogP contribution in [0.1, 0.15) is 17.0 Å². The summed E-state index contributed by atoms with van der Waals surface area (Å²) in [5, 5.41) is 3.13. The Bertz CT molecular complexity index is 676. The number of nitrogens with zero attached hydrogens (tertiary/aromatic N) is 4. The van der Waals surface area contributed by atoms with Crippen molar-refractivity contribution in [2.45, 2.75) is 25.0 Å². The van der Waals surface area contributed by atoms with Gasteiger partial charge in [0.05, 0.1) is 12.1 Å². The zero-order chi connectivity index (χ0) is 14.4. The van der Waals surface area contributed by atoms with E-state index in [1.807, 2.05) is 11.6 Å². The van der Waals surface area contributed by atoms with Gasteiger partial charge in [0.1, 0.15) is 16.4 Å². The second-order valence-corrected chi connectivity index (χ2v) is 6.58. The maximum absolute atomic E-state index is 6.10. The number of anilines is 2. The standard InChI is InChI=1S/C13H16N6OS/c14-10-8-5-13(20-11(8)18-12(15)17-10)1-3-19(7-13)6-9-16-2-4-21-9/h2,4H,1,3,5-7H2,(H4,14,15,17,18). The highest BCUT2D eigenvalue weighted by Gasteiger charge is 2.46. The molecule has 0 bridgehead atoms. The average molecular weight is 304 g/mol.